The quantitative estimate of drug-likeness (QED) is 0.543. The van der Waals surface area contributed by atoms with Crippen molar-refractivity contribution in [2.75, 3.05) is 6.61 Å². The van der Waals surface area contributed by atoms with E-state index in [9.17, 15) is 9.90 Å². The summed E-state index contributed by atoms with van der Waals surface area (Å²) in [5.41, 5.74) is 3.74. The zero-order valence-corrected chi connectivity index (χ0v) is 14.8. The first kappa shape index (κ1) is 16.8. The minimum absolute atomic E-state index is 0.191. The Labute approximate surface area is 156 Å². The van der Waals surface area contributed by atoms with E-state index in [1.165, 1.54) is 0 Å². The molecule has 4 rings (SSSR count). The minimum atomic E-state index is -0.377. The standard InChI is InChI=1S/C22H18N2O3/c1-2-27-22(26)18-8-4-3-7-17(18)21-23-19-9-5-6-10-20(19)24(21)15-11-13-16(25)14-12-15/h3-14,25H,2H2,1H3. The second kappa shape index (κ2) is 6.96. The van der Waals surface area contributed by atoms with Crippen molar-refractivity contribution in [2.45, 2.75) is 6.92 Å². The first-order chi connectivity index (χ1) is 13.2. The van der Waals surface area contributed by atoms with E-state index in [1.807, 2.05) is 59.2 Å². The number of para-hydroxylation sites is 2. The predicted octanol–water partition coefficient (Wildman–Crippen LogP) is 4.57. The number of benzene rings is 3. The summed E-state index contributed by atoms with van der Waals surface area (Å²) in [5, 5.41) is 9.64. The molecule has 0 amide bonds. The van der Waals surface area contributed by atoms with Crippen LogP contribution in [0.5, 0.6) is 5.75 Å². The third kappa shape index (κ3) is 3.04. The van der Waals surface area contributed by atoms with Crippen LogP contribution in [0.15, 0.2) is 72.8 Å². The van der Waals surface area contributed by atoms with Crippen LogP contribution in [0.2, 0.25) is 0 Å². The van der Waals surface area contributed by atoms with Gasteiger partial charge in [0.2, 0.25) is 0 Å². The van der Waals surface area contributed by atoms with E-state index in [2.05, 4.69) is 0 Å². The van der Waals surface area contributed by atoms with E-state index in [0.717, 1.165) is 16.7 Å². The summed E-state index contributed by atoms with van der Waals surface area (Å²) in [5.74, 6) is 0.458. The van der Waals surface area contributed by atoms with Crippen molar-refractivity contribution in [1.29, 1.82) is 0 Å². The van der Waals surface area contributed by atoms with Crippen LogP contribution in [0.4, 0.5) is 0 Å². The van der Waals surface area contributed by atoms with Gasteiger partial charge in [-0.1, -0.05) is 30.3 Å². The molecule has 1 aromatic heterocycles. The zero-order valence-electron chi connectivity index (χ0n) is 14.8. The van der Waals surface area contributed by atoms with Gasteiger partial charge < -0.3 is 9.84 Å². The molecule has 0 aliphatic heterocycles. The number of esters is 1. The van der Waals surface area contributed by atoms with Crippen molar-refractivity contribution >= 4 is 17.0 Å². The van der Waals surface area contributed by atoms with Crippen molar-refractivity contribution < 1.29 is 14.6 Å². The van der Waals surface area contributed by atoms with E-state index >= 15 is 0 Å². The first-order valence-corrected chi connectivity index (χ1v) is 8.72. The lowest BCUT2D eigenvalue weighted by atomic mass is 10.1. The molecule has 0 spiro atoms. The van der Waals surface area contributed by atoms with Gasteiger partial charge in [-0.15, -0.1) is 0 Å². The topological polar surface area (TPSA) is 64.3 Å². The minimum Gasteiger partial charge on any atom is -0.508 e. The Kier molecular flexibility index (Phi) is 4.34. The summed E-state index contributed by atoms with van der Waals surface area (Å²) < 4.78 is 7.20. The maximum Gasteiger partial charge on any atom is 0.338 e. The highest BCUT2D eigenvalue weighted by Gasteiger charge is 2.20. The highest BCUT2D eigenvalue weighted by atomic mass is 16.5. The number of rotatable bonds is 4. The van der Waals surface area contributed by atoms with Crippen LogP contribution in [0.3, 0.4) is 0 Å². The van der Waals surface area contributed by atoms with Crippen LogP contribution in [0, 0.1) is 0 Å². The molecule has 0 fully saturated rings. The Bertz CT molecular complexity index is 1110. The van der Waals surface area contributed by atoms with Crippen LogP contribution in [-0.2, 0) is 4.74 Å². The summed E-state index contributed by atoms with van der Waals surface area (Å²) in [6.45, 7) is 2.09. The Morgan fingerprint density at radius 2 is 1.70 bits per heavy atom. The van der Waals surface area contributed by atoms with Gasteiger partial charge in [0.1, 0.15) is 11.6 Å². The molecule has 4 aromatic rings. The molecule has 0 saturated carbocycles. The SMILES string of the molecule is CCOC(=O)c1ccccc1-c1nc2ccccc2n1-c1ccc(O)cc1. The molecule has 0 aliphatic rings. The number of fused-ring (bicyclic) bond motifs is 1. The number of hydrogen-bond acceptors (Lipinski definition) is 4. The molecule has 5 nitrogen and oxygen atoms in total. The van der Waals surface area contributed by atoms with Crippen LogP contribution in [0.25, 0.3) is 28.1 Å². The van der Waals surface area contributed by atoms with Gasteiger partial charge in [-0.3, -0.25) is 4.57 Å². The monoisotopic (exact) mass is 358 g/mol. The third-order valence-corrected chi connectivity index (χ3v) is 4.33. The Balaban J connectivity index is 2.00. The fourth-order valence-corrected chi connectivity index (χ4v) is 3.13. The molecule has 134 valence electrons. The van der Waals surface area contributed by atoms with Crippen molar-refractivity contribution in [3.05, 3.63) is 78.4 Å². The number of aromatic hydroxyl groups is 1. The smallest absolute Gasteiger partial charge is 0.338 e. The molecule has 0 atom stereocenters. The molecule has 1 N–H and O–H groups in total. The number of imidazole rings is 1. The van der Waals surface area contributed by atoms with Crippen LogP contribution >= 0.6 is 0 Å². The Morgan fingerprint density at radius 3 is 2.48 bits per heavy atom. The molecule has 3 aromatic carbocycles. The molecule has 5 heteroatoms. The van der Waals surface area contributed by atoms with Gasteiger partial charge >= 0.3 is 5.97 Å². The highest BCUT2D eigenvalue weighted by molar-refractivity contribution is 5.97. The molecule has 27 heavy (non-hydrogen) atoms. The third-order valence-electron chi connectivity index (χ3n) is 4.33. The molecule has 0 saturated heterocycles. The number of carbonyl (C=O) groups is 1. The second-order valence-electron chi connectivity index (χ2n) is 6.04. The lowest BCUT2D eigenvalue weighted by molar-refractivity contribution is 0.0527. The van der Waals surface area contributed by atoms with Gasteiger partial charge in [-0.2, -0.15) is 0 Å². The molecular weight excluding hydrogens is 340 g/mol. The number of phenolic OH excluding ortho intramolecular Hbond substituents is 1. The van der Waals surface area contributed by atoms with Gasteiger partial charge in [0.05, 0.1) is 23.2 Å². The Hall–Kier alpha value is -3.60. The summed E-state index contributed by atoms with van der Waals surface area (Å²) in [7, 11) is 0. The number of aromatic nitrogens is 2. The van der Waals surface area contributed by atoms with Gasteiger partial charge in [-0.25, -0.2) is 9.78 Å². The fourth-order valence-electron chi connectivity index (χ4n) is 3.13. The summed E-state index contributed by atoms with van der Waals surface area (Å²) in [6, 6.07) is 22.0. The largest absolute Gasteiger partial charge is 0.508 e. The van der Waals surface area contributed by atoms with Crippen LogP contribution in [-0.4, -0.2) is 27.2 Å². The average molecular weight is 358 g/mol. The Morgan fingerprint density at radius 1 is 1.00 bits per heavy atom. The van der Waals surface area contributed by atoms with Gasteiger partial charge in [0.25, 0.3) is 0 Å². The molecule has 1 heterocycles. The number of ether oxygens (including phenoxy) is 1. The molecule has 0 radical (unpaired) electrons. The number of carbonyl (C=O) groups excluding carboxylic acids is 1. The average Bonchev–Trinajstić information content (AvgIpc) is 3.08. The van der Waals surface area contributed by atoms with Gasteiger partial charge in [0.15, 0.2) is 0 Å². The molecule has 0 bridgehead atoms. The van der Waals surface area contributed by atoms with E-state index in [4.69, 9.17) is 9.72 Å². The normalized spacial score (nSPS) is 10.9. The second-order valence-corrected chi connectivity index (χ2v) is 6.04. The highest BCUT2D eigenvalue weighted by Crippen LogP contribution is 2.31. The van der Waals surface area contributed by atoms with Crippen molar-refractivity contribution in [3.8, 4) is 22.8 Å². The van der Waals surface area contributed by atoms with Crippen molar-refractivity contribution in [2.24, 2.45) is 0 Å². The number of nitrogens with zero attached hydrogens (tertiary/aromatic N) is 2. The molecule has 0 aliphatic carbocycles. The maximum absolute atomic E-state index is 12.5. The van der Waals surface area contributed by atoms with Crippen LogP contribution < -0.4 is 0 Å². The summed E-state index contributed by atoms with van der Waals surface area (Å²) >= 11 is 0. The number of phenols is 1. The van der Waals surface area contributed by atoms with Gasteiger partial charge in [-0.05, 0) is 49.4 Å². The van der Waals surface area contributed by atoms with E-state index in [-0.39, 0.29) is 11.7 Å². The van der Waals surface area contributed by atoms with Crippen molar-refractivity contribution in [1.82, 2.24) is 9.55 Å². The first-order valence-electron chi connectivity index (χ1n) is 8.72. The molecule has 0 unspecified atom stereocenters. The number of hydrogen-bond donors (Lipinski definition) is 1. The summed E-state index contributed by atoms with van der Waals surface area (Å²) in [6.07, 6.45) is 0. The van der Waals surface area contributed by atoms with Crippen LogP contribution in [0.1, 0.15) is 17.3 Å². The fraction of sp³-hybridized carbons (Fsp3) is 0.0909. The van der Waals surface area contributed by atoms with Gasteiger partial charge in [0, 0.05) is 11.3 Å². The molecular formula is C22H18N2O3. The van der Waals surface area contributed by atoms with Crippen molar-refractivity contribution in [3.63, 3.8) is 0 Å². The van der Waals surface area contributed by atoms with E-state index in [0.29, 0.717) is 23.6 Å². The predicted molar refractivity (Wildman–Crippen MR) is 104 cm³/mol. The maximum atomic E-state index is 12.5. The zero-order chi connectivity index (χ0) is 18.8. The summed E-state index contributed by atoms with van der Waals surface area (Å²) in [4.78, 5) is 17.2. The van der Waals surface area contributed by atoms with E-state index in [1.54, 1.807) is 25.1 Å². The lowest BCUT2D eigenvalue weighted by Gasteiger charge is -2.12. The van der Waals surface area contributed by atoms with E-state index < -0.39 is 0 Å². The lowest BCUT2D eigenvalue weighted by Crippen LogP contribution is -2.08.